The van der Waals surface area contributed by atoms with Gasteiger partial charge in [0.25, 0.3) is 0 Å². The van der Waals surface area contributed by atoms with Gasteiger partial charge in [0.2, 0.25) is 0 Å². The molecule has 1 nitrogen and oxygen atoms in total. The molecule has 1 fully saturated rings. The molecule has 0 aliphatic heterocycles. The summed E-state index contributed by atoms with van der Waals surface area (Å²) in [5.74, 6) is 1.68. The number of anilines is 1. The van der Waals surface area contributed by atoms with Crippen LogP contribution in [0.4, 0.5) is 5.69 Å². The van der Waals surface area contributed by atoms with E-state index in [2.05, 4.69) is 17.5 Å². The Labute approximate surface area is 95.1 Å². The summed E-state index contributed by atoms with van der Waals surface area (Å²) in [5, 5.41) is 4.37. The molecule has 0 spiro atoms. The topological polar surface area (TPSA) is 12.0 Å². The third kappa shape index (κ3) is 1.65. The highest BCUT2D eigenvalue weighted by Gasteiger charge is 2.40. The molecule has 0 saturated heterocycles. The summed E-state index contributed by atoms with van der Waals surface area (Å²) in [6.07, 6.45) is 7.27. The summed E-state index contributed by atoms with van der Waals surface area (Å²) in [6, 6.07) is 8.60. The Morgan fingerprint density at radius 3 is 2.73 bits per heavy atom. The predicted octanol–water partition coefficient (Wildman–Crippen LogP) is 3.72. The lowest BCUT2D eigenvalue weighted by Crippen LogP contribution is -2.43. The molecule has 0 amide bonds. The number of allylic oxidation sites excluding steroid dienone is 1. The largest absolute Gasteiger partial charge is 0.382 e. The molecular formula is C13H14ClN. The molecule has 15 heavy (non-hydrogen) atoms. The first kappa shape index (κ1) is 9.29. The van der Waals surface area contributed by atoms with Crippen molar-refractivity contribution in [2.45, 2.75) is 18.9 Å². The van der Waals surface area contributed by atoms with Crippen LogP contribution in [-0.2, 0) is 0 Å². The molecule has 0 aromatic heterocycles. The van der Waals surface area contributed by atoms with Crippen LogP contribution in [0.15, 0.2) is 36.4 Å². The molecule has 2 heteroatoms. The minimum Gasteiger partial charge on any atom is -0.382 e. The minimum absolute atomic E-state index is 0.634. The van der Waals surface area contributed by atoms with Gasteiger partial charge in [-0.15, -0.1) is 0 Å². The molecule has 1 aromatic rings. The Bertz CT molecular complexity index is 382. The summed E-state index contributed by atoms with van der Waals surface area (Å²) in [6.45, 7) is 0. The van der Waals surface area contributed by atoms with Crippen LogP contribution in [0.5, 0.6) is 0 Å². The van der Waals surface area contributed by atoms with Gasteiger partial charge in [-0.2, -0.15) is 0 Å². The zero-order valence-corrected chi connectivity index (χ0v) is 9.24. The minimum atomic E-state index is 0.634. The van der Waals surface area contributed by atoms with Crippen molar-refractivity contribution in [1.29, 1.82) is 0 Å². The second kappa shape index (κ2) is 3.57. The maximum Gasteiger partial charge on any atom is 0.0407 e. The van der Waals surface area contributed by atoms with E-state index in [1.807, 2.05) is 24.3 Å². The molecule has 1 N–H and O–H groups in total. The fraction of sp³-hybridized carbons (Fsp3) is 0.385. The van der Waals surface area contributed by atoms with Crippen molar-refractivity contribution in [3.63, 3.8) is 0 Å². The first-order valence-electron chi connectivity index (χ1n) is 5.52. The lowest BCUT2D eigenvalue weighted by molar-refractivity contribution is 0.218. The van der Waals surface area contributed by atoms with Crippen LogP contribution in [-0.4, -0.2) is 6.04 Å². The van der Waals surface area contributed by atoms with E-state index in [0.29, 0.717) is 6.04 Å². The number of hydrogen-bond donors (Lipinski definition) is 1. The van der Waals surface area contributed by atoms with Crippen LogP contribution in [0.25, 0.3) is 0 Å². The summed E-state index contributed by atoms with van der Waals surface area (Å²) in [7, 11) is 0. The Hall–Kier alpha value is -0.950. The highest BCUT2D eigenvalue weighted by molar-refractivity contribution is 6.30. The smallest absolute Gasteiger partial charge is 0.0407 e. The molecular weight excluding hydrogens is 206 g/mol. The van der Waals surface area contributed by atoms with Gasteiger partial charge in [-0.05, 0) is 43.0 Å². The van der Waals surface area contributed by atoms with E-state index in [9.17, 15) is 0 Å². The molecule has 0 bridgehead atoms. The quantitative estimate of drug-likeness (QED) is 0.748. The third-order valence-corrected chi connectivity index (χ3v) is 3.81. The lowest BCUT2D eigenvalue weighted by Gasteiger charge is -2.41. The highest BCUT2D eigenvalue weighted by Crippen LogP contribution is 2.44. The molecule has 2 aliphatic carbocycles. The average molecular weight is 220 g/mol. The average Bonchev–Trinajstić information content (AvgIpc) is 2.59. The van der Waals surface area contributed by atoms with Crippen LogP contribution in [0.2, 0.25) is 5.02 Å². The number of rotatable bonds is 2. The number of nitrogens with one attached hydrogen (secondary N) is 1. The van der Waals surface area contributed by atoms with E-state index in [1.54, 1.807) is 0 Å². The van der Waals surface area contributed by atoms with Gasteiger partial charge in [-0.25, -0.2) is 0 Å². The lowest BCUT2D eigenvalue weighted by atomic mass is 9.71. The third-order valence-electron chi connectivity index (χ3n) is 3.56. The van der Waals surface area contributed by atoms with Crippen molar-refractivity contribution in [3.05, 3.63) is 41.4 Å². The summed E-state index contributed by atoms with van der Waals surface area (Å²) < 4.78 is 0. The van der Waals surface area contributed by atoms with Crippen molar-refractivity contribution < 1.29 is 0 Å². The van der Waals surface area contributed by atoms with E-state index in [1.165, 1.54) is 18.5 Å². The van der Waals surface area contributed by atoms with Crippen LogP contribution in [0, 0.1) is 11.8 Å². The van der Waals surface area contributed by atoms with Crippen molar-refractivity contribution in [2.75, 3.05) is 5.32 Å². The van der Waals surface area contributed by atoms with Gasteiger partial charge in [0.15, 0.2) is 0 Å². The SMILES string of the molecule is Clc1ccc(NC2CC3CC=CC32)cc1. The summed E-state index contributed by atoms with van der Waals surface area (Å²) in [5.41, 5.74) is 1.18. The highest BCUT2D eigenvalue weighted by atomic mass is 35.5. The van der Waals surface area contributed by atoms with E-state index in [0.717, 1.165) is 16.9 Å². The Morgan fingerprint density at radius 2 is 2.00 bits per heavy atom. The van der Waals surface area contributed by atoms with Gasteiger partial charge >= 0.3 is 0 Å². The fourth-order valence-electron chi connectivity index (χ4n) is 2.64. The van der Waals surface area contributed by atoms with Gasteiger partial charge in [0.1, 0.15) is 0 Å². The zero-order chi connectivity index (χ0) is 10.3. The number of benzene rings is 1. The van der Waals surface area contributed by atoms with E-state index in [4.69, 9.17) is 11.6 Å². The fourth-order valence-corrected chi connectivity index (χ4v) is 2.77. The second-order valence-corrected chi connectivity index (χ2v) is 4.93. The molecule has 1 aromatic carbocycles. The van der Waals surface area contributed by atoms with Crippen LogP contribution in [0.1, 0.15) is 12.8 Å². The van der Waals surface area contributed by atoms with Gasteiger partial charge in [0, 0.05) is 22.7 Å². The number of halogens is 1. The second-order valence-electron chi connectivity index (χ2n) is 4.49. The normalized spacial score (nSPS) is 32.2. The van der Waals surface area contributed by atoms with Gasteiger partial charge in [-0.3, -0.25) is 0 Å². The Balaban J connectivity index is 1.66. The standard InChI is InChI=1S/C13H14ClN/c14-10-4-6-11(7-5-10)15-13-8-9-2-1-3-12(9)13/h1,3-7,9,12-13,15H,2,8H2. The predicted molar refractivity (Wildman–Crippen MR) is 64.2 cm³/mol. The zero-order valence-electron chi connectivity index (χ0n) is 8.49. The maximum atomic E-state index is 5.85. The molecule has 1 saturated carbocycles. The van der Waals surface area contributed by atoms with E-state index < -0.39 is 0 Å². The Morgan fingerprint density at radius 1 is 1.20 bits per heavy atom. The van der Waals surface area contributed by atoms with Crippen molar-refractivity contribution in [1.82, 2.24) is 0 Å². The van der Waals surface area contributed by atoms with Crippen molar-refractivity contribution in [3.8, 4) is 0 Å². The van der Waals surface area contributed by atoms with Gasteiger partial charge < -0.3 is 5.32 Å². The molecule has 2 aliphatic rings. The van der Waals surface area contributed by atoms with E-state index in [-0.39, 0.29) is 0 Å². The van der Waals surface area contributed by atoms with Crippen LogP contribution < -0.4 is 5.32 Å². The van der Waals surface area contributed by atoms with Gasteiger partial charge in [-0.1, -0.05) is 23.8 Å². The molecule has 3 atom stereocenters. The summed E-state index contributed by atoms with van der Waals surface area (Å²) in [4.78, 5) is 0. The summed E-state index contributed by atoms with van der Waals surface area (Å²) >= 11 is 5.85. The van der Waals surface area contributed by atoms with Crippen molar-refractivity contribution in [2.24, 2.45) is 11.8 Å². The van der Waals surface area contributed by atoms with Crippen LogP contribution in [0.3, 0.4) is 0 Å². The number of hydrogen-bond acceptors (Lipinski definition) is 1. The first-order chi connectivity index (χ1) is 7.33. The monoisotopic (exact) mass is 219 g/mol. The molecule has 3 unspecified atom stereocenters. The number of fused-ring (bicyclic) bond motifs is 1. The molecule has 0 heterocycles. The molecule has 3 rings (SSSR count). The first-order valence-corrected chi connectivity index (χ1v) is 5.89. The van der Waals surface area contributed by atoms with Crippen LogP contribution >= 0.6 is 11.6 Å². The van der Waals surface area contributed by atoms with E-state index >= 15 is 0 Å². The molecule has 0 radical (unpaired) electrons. The maximum absolute atomic E-state index is 5.85. The van der Waals surface area contributed by atoms with Crippen molar-refractivity contribution >= 4 is 17.3 Å². The van der Waals surface area contributed by atoms with Gasteiger partial charge in [0.05, 0.1) is 0 Å². The molecule has 78 valence electrons. The Kier molecular flexibility index (Phi) is 2.21.